The Balaban J connectivity index is 2.14. The Kier molecular flexibility index (Phi) is 4.04. The lowest BCUT2D eigenvalue weighted by Gasteiger charge is -2.22. The first-order valence-corrected chi connectivity index (χ1v) is 8.06. The standard InChI is InChI=1S/C11H15BrN2O2S/c12-11-10(7-4-8-13-11)14-17(15,16)9-5-2-1-3-6-9/h4,7-9,14H,1-3,5-6H2. The van der Waals surface area contributed by atoms with Crippen LogP contribution in [0.1, 0.15) is 32.1 Å². The molecule has 0 radical (unpaired) electrons. The molecule has 17 heavy (non-hydrogen) atoms. The van der Waals surface area contributed by atoms with Crippen LogP contribution in [0.25, 0.3) is 0 Å². The summed E-state index contributed by atoms with van der Waals surface area (Å²) in [4.78, 5) is 4.00. The maximum Gasteiger partial charge on any atom is 0.235 e. The molecule has 0 bridgehead atoms. The van der Waals surface area contributed by atoms with E-state index >= 15 is 0 Å². The van der Waals surface area contributed by atoms with Gasteiger partial charge in [-0.1, -0.05) is 19.3 Å². The first-order chi connectivity index (χ1) is 8.09. The second-order valence-corrected chi connectivity index (χ2v) is 6.96. The van der Waals surface area contributed by atoms with Gasteiger partial charge < -0.3 is 0 Å². The summed E-state index contributed by atoms with van der Waals surface area (Å²) in [6.07, 6.45) is 6.27. The Labute approximate surface area is 110 Å². The molecule has 0 unspecified atom stereocenters. The predicted octanol–water partition coefficient (Wildman–Crippen LogP) is 2.92. The van der Waals surface area contributed by atoms with E-state index < -0.39 is 10.0 Å². The zero-order valence-corrected chi connectivity index (χ0v) is 11.8. The zero-order chi connectivity index (χ0) is 12.3. The fourth-order valence-electron chi connectivity index (χ4n) is 2.07. The smallest absolute Gasteiger partial charge is 0.235 e. The van der Waals surface area contributed by atoms with Gasteiger partial charge in [-0.15, -0.1) is 0 Å². The van der Waals surface area contributed by atoms with Crippen molar-refractivity contribution in [3.8, 4) is 0 Å². The van der Waals surface area contributed by atoms with Gasteiger partial charge in [-0.25, -0.2) is 13.4 Å². The molecule has 94 valence electrons. The highest BCUT2D eigenvalue weighted by atomic mass is 79.9. The number of pyridine rings is 1. The molecular formula is C11H15BrN2O2S. The minimum Gasteiger partial charge on any atom is -0.281 e. The molecular weight excluding hydrogens is 304 g/mol. The molecule has 0 spiro atoms. The second kappa shape index (κ2) is 5.35. The van der Waals surface area contributed by atoms with Gasteiger partial charge in [0.05, 0.1) is 10.9 Å². The van der Waals surface area contributed by atoms with Gasteiger partial charge in [0.1, 0.15) is 4.60 Å². The zero-order valence-electron chi connectivity index (χ0n) is 9.39. The van der Waals surface area contributed by atoms with Crippen LogP contribution >= 0.6 is 15.9 Å². The van der Waals surface area contributed by atoms with Crippen LogP contribution in [-0.4, -0.2) is 18.7 Å². The molecule has 1 aliphatic rings. The fourth-order valence-corrected chi connectivity index (χ4v) is 4.15. The Morgan fingerprint density at radius 3 is 2.65 bits per heavy atom. The van der Waals surface area contributed by atoms with Crippen molar-refractivity contribution in [2.75, 3.05) is 4.72 Å². The minimum absolute atomic E-state index is 0.261. The summed E-state index contributed by atoms with van der Waals surface area (Å²) in [7, 11) is -3.28. The van der Waals surface area contributed by atoms with Crippen molar-refractivity contribution in [3.05, 3.63) is 22.9 Å². The lowest BCUT2D eigenvalue weighted by atomic mass is 10.0. The molecule has 1 fully saturated rings. The van der Waals surface area contributed by atoms with Crippen molar-refractivity contribution in [1.29, 1.82) is 0 Å². The minimum atomic E-state index is -3.28. The third-order valence-corrected chi connectivity index (χ3v) is 5.49. The first kappa shape index (κ1) is 12.8. The summed E-state index contributed by atoms with van der Waals surface area (Å²) in [5, 5.41) is -0.261. The Bertz CT molecular complexity index is 484. The van der Waals surface area contributed by atoms with E-state index in [9.17, 15) is 8.42 Å². The van der Waals surface area contributed by atoms with Gasteiger partial charge in [0, 0.05) is 6.20 Å². The van der Waals surface area contributed by atoms with Crippen molar-refractivity contribution >= 4 is 31.6 Å². The van der Waals surface area contributed by atoms with Gasteiger partial charge >= 0.3 is 0 Å². The number of aromatic nitrogens is 1. The molecule has 1 N–H and O–H groups in total. The van der Waals surface area contributed by atoms with E-state index in [2.05, 4.69) is 25.6 Å². The van der Waals surface area contributed by atoms with Crippen LogP contribution in [0.3, 0.4) is 0 Å². The molecule has 4 nitrogen and oxygen atoms in total. The lowest BCUT2D eigenvalue weighted by Crippen LogP contribution is -2.29. The number of sulfonamides is 1. The number of nitrogens with zero attached hydrogens (tertiary/aromatic N) is 1. The fraction of sp³-hybridized carbons (Fsp3) is 0.545. The van der Waals surface area contributed by atoms with E-state index in [-0.39, 0.29) is 5.25 Å². The summed E-state index contributed by atoms with van der Waals surface area (Å²) < 4.78 is 27.4. The van der Waals surface area contributed by atoms with Crippen LogP contribution in [0.15, 0.2) is 22.9 Å². The van der Waals surface area contributed by atoms with E-state index in [1.165, 1.54) is 0 Å². The molecule has 1 aromatic rings. The van der Waals surface area contributed by atoms with Crippen LogP contribution in [0.4, 0.5) is 5.69 Å². The molecule has 1 saturated carbocycles. The van der Waals surface area contributed by atoms with Gasteiger partial charge in [0.15, 0.2) is 0 Å². The number of rotatable bonds is 3. The van der Waals surface area contributed by atoms with Gasteiger partial charge in [-0.05, 0) is 40.9 Å². The van der Waals surface area contributed by atoms with E-state index in [4.69, 9.17) is 0 Å². The highest BCUT2D eigenvalue weighted by Crippen LogP contribution is 2.27. The van der Waals surface area contributed by atoms with Crippen molar-refractivity contribution < 1.29 is 8.42 Å². The van der Waals surface area contributed by atoms with E-state index in [1.54, 1.807) is 18.3 Å². The first-order valence-electron chi connectivity index (χ1n) is 5.72. The Morgan fingerprint density at radius 2 is 2.00 bits per heavy atom. The number of nitrogens with one attached hydrogen (secondary N) is 1. The molecule has 0 aliphatic heterocycles. The number of hydrogen-bond acceptors (Lipinski definition) is 3. The Morgan fingerprint density at radius 1 is 1.29 bits per heavy atom. The van der Waals surface area contributed by atoms with Crippen LogP contribution < -0.4 is 4.72 Å². The van der Waals surface area contributed by atoms with Gasteiger partial charge in [0.25, 0.3) is 0 Å². The monoisotopic (exact) mass is 318 g/mol. The van der Waals surface area contributed by atoms with E-state index in [1.807, 2.05) is 0 Å². The highest BCUT2D eigenvalue weighted by Gasteiger charge is 2.27. The third kappa shape index (κ3) is 3.19. The molecule has 1 aromatic heterocycles. The number of anilines is 1. The topological polar surface area (TPSA) is 59.1 Å². The summed E-state index contributed by atoms with van der Waals surface area (Å²) in [5.41, 5.74) is 0.512. The molecule has 0 saturated heterocycles. The largest absolute Gasteiger partial charge is 0.281 e. The SMILES string of the molecule is O=S(=O)(Nc1cccnc1Br)C1CCCCC1. The van der Waals surface area contributed by atoms with Crippen molar-refractivity contribution in [2.24, 2.45) is 0 Å². The van der Waals surface area contributed by atoms with Gasteiger partial charge in [0.2, 0.25) is 10.0 Å². The second-order valence-electron chi connectivity index (χ2n) is 4.25. The van der Waals surface area contributed by atoms with Gasteiger partial charge in [-0.2, -0.15) is 0 Å². The normalized spacial score (nSPS) is 17.9. The molecule has 0 amide bonds. The average Bonchev–Trinajstić information content (AvgIpc) is 2.33. The third-order valence-electron chi connectivity index (χ3n) is 3.00. The van der Waals surface area contributed by atoms with E-state index in [0.717, 1.165) is 32.1 Å². The Hall–Kier alpha value is -0.620. The van der Waals surface area contributed by atoms with Crippen LogP contribution in [0, 0.1) is 0 Å². The van der Waals surface area contributed by atoms with Crippen LogP contribution in [0.2, 0.25) is 0 Å². The molecule has 2 rings (SSSR count). The average molecular weight is 319 g/mol. The predicted molar refractivity (Wildman–Crippen MR) is 71.4 cm³/mol. The van der Waals surface area contributed by atoms with Crippen molar-refractivity contribution in [3.63, 3.8) is 0 Å². The van der Waals surface area contributed by atoms with Crippen LogP contribution in [-0.2, 0) is 10.0 Å². The van der Waals surface area contributed by atoms with Crippen molar-refractivity contribution in [2.45, 2.75) is 37.4 Å². The van der Waals surface area contributed by atoms with Crippen molar-refractivity contribution in [1.82, 2.24) is 4.98 Å². The number of halogens is 1. The summed E-state index contributed by atoms with van der Waals surface area (Å²) in [5.74, 6) is 0. The summed E-state index contributed by atoms with van der Waals surface area (Å²) in [6, 6.07) is 3.42. The summed E-state index contributed by atoms with van der Waals surface area (Å²) in [6.45, 7) is 0. The van der Waals surface area contributed by atoms with Crippen LogP contribution in [0.5, 0.6) is 0 Å². The molecule has 1 aliphatic carbocycles. The molecule has 0 aromatic carbocycles. The molecule has 1 heterocycles. The van der Waals surface area contributed by atoms with E-state index in [0.29, 0.717) is 10.3 Å². The maximum absolute atomic E-state index is 12.1. The number of hydrogen-bond donors (Lipinski definition) is 1. The molecule has 0 atom stereocenters. The highest BCUT2D eigenvalue weighted by molar-refractivity contribution is 9.10. The summed E-state index contributed by atoms with van der Waals surface area (Å²) >= 11 is 3.23. The molecule has 6 heteroatoms. The van der Waals surface area contributed by atoms with Gasteiger partial charge in [-0.3, -0.25) is 4.72 Å². The quantitative estimate of drug-likeness (QED) is 0.872. The maximum atomic E-state index is 12.1. The lowest BCUT2D eigenvalue weighted by molar-refractivity contribution is 0.486.